The van der Waals surface area contributed by atoms with E-state index in [-0.39, 0.29) is 5.97 Å². The summed E-state index contributed by atoms with van der Waals surface area (Å²) in [5.41, 5.74) is -1.54. The lowest BCUT2D eigenvalue weighted by Gasteiger charge is -2.30. The molecule has 1 fully saturated rings. The van der Waals surface area contributed by atoms with Crippen molar-refractivity contribution < 1.29 is 19.1 Å². The van der Waals surface area contributed by atoms with Crippen LogP contribution < -0.4 is 5.32 Å². The number of nitrogens with one attached hydrogen (secondary N) is 1. The number of allylic oxidation sites excluding steroid dienone is 2. The molecule has 2 aliphatic carbocycles. The molecule has 1 N–H and O–H groups in total. The summed E-state index contributed by atoms with van der Waals surface area (Å²) in [6.45, 7) is 7.51. The van der Waals surface area contributed by atoms with Gasteiger partial charge in [0.1, 0.15) is 11.1 Å². The summed E-state index contributed by atoms with van der Waals surface area (Å²) in [6, 6.07) is 0. The Morgan fingerprint density at radius 2 is 1.73 bits per heavy atom. The van der Waals surface area contributed by atoms with Gasteiger partial charge in [-0.25, -0.2) is 9.59 Å². The van der Waals surface area contributed by atoms with Crippen LogP contribution in [-0.2, 0) is 14.3 Å². The Morgan fingerprint density at radius 1 is 1.18 bits per heavy atom. The van der Waals surface area contributed by atoms with Crippen LogP contribution >= 0.6 is 0 Å². The minimum absolute atomic E-state index is 0.310. The molecule has 5 nitrogen and oxygen atoms in total. The average molecular weight is 309 g/mol. The monoisotopic (exact) mass is 309 g/mol. The Morgan fingerprint density at radius 3 is 2.18 bits per heavy atom. The van der Waals surface area contributed by atoms with E-state index < -0.39 is 17.2 Å². The Labute approximate surface area is 132 Å². The van der Waals surface area contributed by atoms with Gasteiger partial charge >= 0.3 is 12.1 Å². The highest BCUT2D eigenvalue weighted by Crippen LogP contribution is 2.46. The molecule has 0 bridgehead atoms. The summed E-state index contributed by atoms with van der Waals surface area (Å²) in [5.74, 6) is 0.504. The molecular formula is C17H27NO4. The van der Waals surface area contributed by atoms with Crippen LogP contribution in [0, 0.1) is 11.8 Å². The normalized spacial score (nSPS) is 26.2. The van der Waals surface area contributed by atoms with E-state index in [1.807, 2.05) is 20.8 Å². The number of carbonyl (C=O) groups is 2. The fourth-order valence-electron chi connectivity index (χ4n) is 3.49. The van der Waals surface area contributed by atoms with E-state index in [0.29, 0.717) is 31.3 Å². The molecule has 1 saturated carbocycles. The fraction of sp³-hybridized carbons (Fsp3) is 0.765. The summed E-state index contributed by atoms with van der Waals surface area (Å²) in [6.07, 6.45) is 6.95. The molecule has 0 aliphatic heterocycles. The number of amides is 1. The first-order valence-electron chi connectivity index (χ1n) is 8.09. The molecule has 0 aromatic heterocycles. The lowest BCUT2D eigenvalue weighted by atomic mass is 9.86. The van der Waals surface area contributed by atoms with Crippen LogP contribution in [0.15, 0.2) is 12.2 Å². The van der Waals surface area contributed by atoms with Gasteiger partial charge in [0.2, 0.25) is 0 Å². The predicted molar refractivity (Wildman–Crippen MR) is 83.3 cm³/mol. The molecule has 2 rings (SSSR count). The van der Waals surface area contributed by atoms with Gasteiger partial charge in [-0.05, 0) is 65.2 Å². The minimum atomic E-state index is -0.945. The highest BCUT2D eigenvalue weighted by molar-refractivity contribution is 5.86. The van der Waals surface area contributed by atoms with E-state index in [1.165, 1.54) is 0 Å². The third kappa shape index (κ3) is 3.81. The van der Waals surface area contributed by atoms with Gasteiger partial charge in [0.25, 0.3) is 0 Å². The molecule has 5 heteroatoms. The lowest BCUT2D eigenvalue weighted by Crippen LogP contribution is -2.55. The van der Waals surface area contributed by atoms with E-state index in [0.717, 1.165) is 12.8 Å². The number of fused-ring (bicyclic) bond motifs is 1. The van der Waals surface area contributed by atoms with Gasteiger partial charge in [0.15, 0.2) is 0 Å². The highest BCUT2D eigenvalue weighted by atomic mass is 16.6. The van der Waals surface area contributed by atoms with Crippen molar-refractivity contribution >= 4 is 12.1 Å². The third-order valence-corrected chi connectivity index (χ3v) is 4.34. The van der Waals surface area contributed by atoms with Crippen molar-refractivity contribution in [1.29, 1.82) is 0 Å². The first kappa shape index (κ1) is 16.8. The molecule has 0 heterocycles. The molecule has 0 unspecified atom stereocenters. The second-order valence-electron chi connectivity index (χ2n) is 7.30. The molecule has 0 aromatic carbocycles. The Balaban J connectivity index is 2.14. The zero-order valence-electron chi connectivity index (χ0n) is 14.0. The first-order valence-corrected chi connectivity index (χ1v) is 8.09. The number of rotatable bonds is 3. The summed E-state index contributed by atoms with van der Waals surface area (Å²) in [5, 5.41) is 2.83. The van der Waals surface area contributed by atoms with Crippen LogP contribution in [0.2, 0.25) is 0 Å². The van der Waals surface area contributed by atoms with Crippen molar-refractivity contribution in [3.05, 3.63) is 12.2 Å². The van der Waals surface area contributed by atoms with Crippen LogP contribution in [0.3, 0.4) is 0 Å². The molecular weight excluding hydrogens is 282 g/mol. The minimum Gasteiger partial charge on any atom is -0.464 e. The van der Waals surface area contributed by atoms with Crippen molar-refractivity contribution in [3.63, 3.8) is 0 Å². The van der Waals surface area contributed by atoms with E-state index in [2.05, 4.69) is 17.5 Å². The van der Waals surface area contributed by atoms with Gasteiger partial charge in [-0.2, -0.15) is 0 Å². The topological polar surface area (TPSA) is 64.6 Å². The van der Waals surface area contributed by atoms with E-state index in [4.69, 9.17) is 9.47 Å². The van der Waals surface area contributed by atoms with Crippen molar-refractivity contribution in [1.82, 2.24) is 5.32 Å². The zero-order valence-corrected chi connectivity index (χ0v) is 14.0. The predicted octanol–water partition coefficient (Wildman–Crippen LogP) is 3.19. The fourth-order valence-corrected chi connectivity index (χ4v) is 3.49. The molecule has 22 heavy (non-hydrogen) atoms. The molecule has 2 aliphatic rings. The van der Waals surface area contributed by atoms with Crippen molar-refractivity contribution in [2.45, 2.75) is 64.5 Å². The van der Waals surface area contributed by atoms with Gasteiger partial charge < -0.3 is 14.8 Å². The van der Waals surface area contributed by atoms with Crippen LogP contribution in [0.1, 0.15) is 53.4 Å². The second-order valence-corrected chi connectivity index (χ2v) is 7.30. The van der Waals surface area contributed by atoms with Gasteiger partial charge in [-0.3, -0.25) is 0 Å². The Hall–Kier alpha value is -1.52. The second kappa shape index (κ2) is 6.31. The Bertz CT molecular complexity index is 448. The average Bonchev–Trinajstić information content (AvgIpc) is 2.75. The lowest BCUT2D eigenvalue weighted by molar-refractivity contribution is -0.151. The smallest absolute Gasteiger partial charge is 0.408 e. The number of carbonyl (C=O) groups excluding carboxylic acids is 2. The third-order valence-electron chi connectivity index (χ3n) is 4.34. The van der Waals surface area contributed by atoms with Crippen LogP contribution in [0.5, 0.6) is 0 Å². The summed E-state index contributed by atoms with van der Waals surface area (Å²) in [4.78, 5) is 24.7. The quantitative estimate of drug-likeness (QED) is 0.642. The van der Waals surface area contributed by atoms with Crippen LogP contribution in [0.4, 0.5) is 4.79 Å². The molecule has 1 amide bonds. The Kier molecular flexibility index (Phi) is 4.83. The molecule has 0 radical (unpaired) electrons. The molecule has 0 spiro atoms. The number of hydrogen-bond donors (Lipinski definition) is 1. The first-order chi connectivity index (χ1) is 10.3. The largest absolute Gasteiger partial charge is 0.464 e. The van der Waals surface area contributed by atoms with Crippen LogP contribution in [0.25, 0.3) is 0 Å². The number of alkyl carbamates (subject to hydrolysis) is 1. The van der Waals surface area contributed by atoms with Gasteiger partial charge in [-0.1, -0.05) is 12.2 Å². The SMILES string of the molecule is CCOC(=O)C1(NC(=O)OC(C)(C)C)C[C@H]2CC=CC[C@@H]2C1. The van der Waals surface area contributed by atoms with E-state index in [9.17, 15) is 9.59 Å². The maximum atomic E-state index is 12.5. The van der Waals surface area contributed by atoms with Crippen molar-refractivity contribution in [2.24, 2.45) is 11.8 Å². The van der Waals surface area contributed by atoms with E-state index in [1.54, 1.807) is 6.92 Å². The van der Waals surface area contributed by atoms with Gasteiger partial charge in [0, 0.05) is 0 Å². The van der Waals surface area contributed by atoms with Gasteiger partial charge in [-0.15, -0.1) is 0 Å². The zero-order chi connectivity index (χ0) is 16.4. The maximum absolute atomic E-state index is 12.5. The number of ether oxygens (including phenoxy) is 2. The van der Waals surface area contributed by atoms with Crippen molar-refractivity contribution in [2.75, 3.05) is 6.61 Å². The summed E-state index contributed by atoms with van der Waals surface area (Å²) >= 11 is 0. The number of esters is 1. The standard InChI is InChI=1S/C17H27NO4/c1-5-21-14(19)17(18-15(20)22-16(2,3)4)10-12-8-6-7-9-13(12)11-17/h6-7,12-13H,5,8-11H2,1-4H3,(H,18,20)/t12-,13-/m1/s1. The maximum Gasteiger partial charge on any atom is 0.408 e. The van der Waals surface area contributed by atoms with Crippen LogP contribution in [-0.4, -0.2) is 29.8 Å². The molecule has 0 aromatic rings. The molecule has 124 valence electrons. The van der Waals surface area contributed by atoms with Crippen molar-refractivity contribution in [3.8, 4) is 0 Å². The summed E-state index contributed by atoms with van der Waals surface area (Å²) < 4.78 is 10.6. The molecule has 0 saturated heterocycles. The van der Waals surface area contributed by atoms with E-state index >= 15 is 0 Å². The number of hydrogen-bond acceptors (Lipinski definition) is 4. The highest BCUT2D eigenvalue weighted by Gasteiger charge is 2.52. The van der Waals surface area contributed by atoms with Gasteiger partial charge in [0.05, 0.1) is 6.61 Å². The molecule has 2 atom stereocenters. The summed E-state index contributed by atoms with van der Waals surface area (Å²) in [7, 11) is 0.